The van der Waals surface area contributed by atoms with Gasteiger partial charge in [-0.05, 0) is 37.1 Å². The van der Waals surface area contributed by atoms with Crippen LogP contribution < -0.4 is 16.0 Å². The van der Waals surface area contributed by atoms with Crippen molar-refractivity contribution in [2.45, 2.75) is 18.9 Å². The Morgan fingerprint density at radius 2 is 1.81 bits per heavy atom. The summed E-state index contributed by atoms with van der Waals surface area (Å²) in [5.74, 6) is -0.373. The number of primary amides is 1. The molecule has 2 heterocycles. The number of carbonyl (C=O) groups excluding carboxylic acids is 2. The molecule has 0 unspecified atom stereocenters. The van der Waals surface area contributed by atoms with Crippen molar-refractivity contribution in [2.24, 2.45) is 5.73 Å². The van der Waals surface area contributed by atoms with Crippen molar-refractivity contribution in [1.29, 1.82) is 0 Å². The van der Waals surface area contributed by atoms with E-state index in [1.54, 1.807) is 18.3 Å². The molecule has 1 saturated carbocycles. The molecule has 136 valence electrons. The third kappa shape index (κ3) is 3.65. The fourth-order valence-electron chi connectivity index (χ4n) is 3.00. The molecule has 7 nitrogen and oxygen atoms in total. The van der Waals surface area contributed by atoms with E-state index >= 15 is 0 Å². The van der Waals surface area contributed by atoms with Crippen molar-refractivity contribution < 1.29 is 9.59 Å². The summed E-state index contributed by atoms with van der Waals surface area (Å²) in [7, 11) is 0. The maximum atomic E-state index is 12.7. The third-order valence-corrected chi connectivity index (χ3v) is 5.62. The van der Waals surface area contributed by atoms with Crippen molar-refractivity contribution in [3.63, 3.8) is 0 Å². The summed E-state index contributed by atoms with van der Waals surface area (Å²) in [6.07, 6.45) is 4.04. The number of rotatable bonds is 5. The monoisotopic (exact) mass is 371 g/mol. The molecule has 2 amide bonds. The maximum Gasteiger partial charge on any atom is 0.265 e. The van der Waals surface area contributed by atoms with Gasteiger partial charge in [-0.1, -0.05) is 11.3 Å². The van der Waals surface area contributed by atoms with Gasteiger partial charge in [0.15, 0.2) is 5.13 Å². The van der Waals surface area contributed by atoms with Crippen LogP contribution in [0.25, 0.3) is 0 Å². The number of benzene rings is 1. The molecule has 4 rings (SSSR count). The second-order valence-electron chi connectivity index (χ2n) is 6.64. The fourth-order valence-corrected chi connectivity index (χ4v) is 3.86. The molecule has 0 spiro atoms. The Bertz CT molecular complexity index is 807. The fraction of sp³-hybridized carbons (Fsp3) is 0.389. The average Bonchev–Trinajstić information content (AvgIpc) is 3.36. The molecule has 3 N–H and O–H groups in total. The molecule has 1 aliphatic carbocycles. The largest absolute Gasteiger partial charge is 0.368 e. The summed E-state index contributed by atoms with van der Waals surface area (Å²) < 4.78 is 0. The first-order valence-electron chi connectivity index (χ1n) is 8.76. The van der Waals surface area contributed by atoms with Crippen LogP contribution in [0, 0.1) is 0 Å². The molecule has 1 saturated heterocycles. The molecule has 1 aromatic carbocycles. The van der Waals surface area contributed by atoms with Gasteiger partial charge in [-0.3, -0.25) is 9.59 Å². The van der Waals surface area contributed by atoms with Gasteiger partial charge in [0.25, 0.3) is 5.91 Å². The van der Waals surface area contributed by atoms with Gasteiger partial charge in [-0.15, -0.1) is 0 Å². The number of aromatic nitrogens is 1. The predicted molar refractivity (Wildman–Crippen MR) is 102 cm³/mol. The highest BCUT2D eigenvalue weighted by Crippen LogP contribution is 2.28. The van der Waals surface area contributed by atoms with Gasteiger partial charge >= 0.3 is 0 Å². The first kappa shape index (κ1) is 16.8. The molecular weight excluding hydrogens is 350 g/mol. The van der Waals surface area contributed by atoms with E-state index in [0.29, 0.717) is 29.6 Å². The number of anilines is 2. The minimum atomic E-state index is -0.424. The molecule has 26 heavy (non-hydrogen) atoms. The molecule has 2 aliphatic rings. The minimum Gasteiger partial charge on any atom is -0.368 e. The lowest BCUT2D eigenvalue weighted by Crippen LogP contribution is -2.48. The molecule has 1 aromatic heterocycles. The summed E-state index contributed by atoms with van der Waals surface area (Å²) in [4.78, 5) is 32.9. The van der Waals surface area contributed by atoms with E-state index in [4.69, 9.17) is 5.73 Å². The molecule has 1 aliphatic heterocycles. The summed E-state index contributed by atoms with van der Waals surface area (Å²) in [5, 5.41) is 4.17. The van der Waals surface area contributed by atoms with Crippen LogP contribution in [0.5, 0.6) is 0 Å². The van der Waals surface area contributed by atoms with E-state index in [2.05, 4.69) is 15.2 Å². The molecule has 0 bridgehead atoms. The normalized spacial score (nSPS) is 17.2. The molecule has 8 heteroatoms. The summed E-state index contributed by atoms with van der Waals surface area (Å²) in [6, 6.07) is 7.81. The highest BCUT2D eigenvalue weighted by Gasteiger charge is 2.26. The second kappa shape index (κ2) is 6.95. The standard InChI is InChI=1S/C18H21N5O2S/c19-16(24)12-1-5-14(6-2-12)22-7-9-23(10-8-22)17(25)15-11-20-18(26-15)21-13-3-4-13/h1-2,5-6,11,13H,3-4,7-10H2,(H2,19,24)(H,20,21). The Morgan fingerprint density at radius 1 is 1.12 bits per heavy atom. The van der Waals surface area contributed by atoms with Gasteiger partial charge in [0.2, 0.25) is 5.91 Å². The van der Waals surface area contributed by atoms with Gasteiger partial charge in [0.1, 0.15) is 4.88 Å². The first-order valence-corrected chi connectivity index (χ1v) is 9.58. The number of piperazine rings is 1. The molecule has 0 atom stereocenters. The van der Waals surface area contributed by atoms with Crippen LogP contribution in [0.4, 0.5) is 10.8 Å². The number of amides is 2. The highest BCUT2D eigenvalue weighted by atomic mass is 32.1. The first-order chi connectivity index (χ1) is 12.6. The Kier molecular flexibility index (Phi) is 4.50. The van der Waals surface area contributed by atoms with Crippen molar-refractivity contribution in [3.05, 3.63) is 40.9 Å². The zero-order valence-electron chi connectivity index (χ0n) is 14.4. The highest BCUT2D eigenvalue weighted by molar-refractivity contribution is 7.17. The van der Waals surface area contributed by atoms with Gasteiger partial charge in [0, 0.05) is 43.5 Å². The smallest absolute Gasteiger partial charge is 0.265 e. The third-order valence-electron chi connectivity index (χ3n) is 4.71. The molecule has 0 radical (unpaired) electrons. The predicted octanol–water partition coefficient (Wildman–Crippen LogP) is 1.78. The topological polar surface area (TPSA) is 91.6 Å². The zero-order valence-corrected chi connectivity index (χ0v) is 15.2. The number of nitrogens with zero attached hydrogens (tertiary/aromatic N) is 3. The lowest BCUT2D eigenvalue weighted by Gasteiger charge is -2.36. The molecule has 2 fully saturated rings. The van der Waals surface area contributed by atoms with Gasteiger partial charge < -0.3 is 20.9 Å². The number of nitrogens with one attached hydrogen (secondary N) is 1. The van der Waals surface area contributed by atoms with Crippen LogP contribution in [-0.2, 0) is 0 Å². The van der Waals surface area contributed by atoms with Crippen LogP contribution >= 0.6 is 11.3 Å². The Morgan fingerprint density at radius 3 is 2.42 bits per heavy atom. The average molecular weight is 371 g/mol. The lowest BCUT2D eigenvalue weighted by molar-refractivity contribution is 0.0751. The SMILES string of the molecule is NC(=O)c1ccc(N2CCN(C(=O)c3cnc(NC4CC4)s3)CC2)cc1. The lowest BCUT2D eigenvalue weighted by atomic mass is 10.1. The van der Waals surface area contributed by atoms with Crippen LogP contribution in [0.1, 0.15) is 32.9 Å². The second-order valence-corrected chi connectivity index (χ2v) is 7.67. The van der Waals surface area contributed by atoms with Gasteiger partial charge in [-0.25, -0.2) is 4.98 Å². The van der Waals surface area contributed by atoms with Crippen LogP contribution in [0.15, 0.2) is 30.5 Å². The zero-order chi connectivity index (χ0) is 18.1. The Balaban J connectivity index is 1.34. The van der Waals surface area contributed by atoms with Gasteiger partial charge in [0.05, 0.1) is 6.20 Å². The van der Waals surface area contributed by atoms with E-state index in [0.717, 1.165) is 23.9 Å². The quantitative estimate of drug-likeness (QED) is 0.836. The number of nitrogens with two attached hydrogens (primary N) is 1. The number of thiazole rings is 1. The molecule has 2 aromatic rings. The van der Waals surface area contributed by atoms with Crippen molar-refractivity contribution in [2.75, 3.05) is 36.4 Å². The van der Waals surface area contributed by atoms with E-state index in [9.17, 15) is 9.59 Å². The van der Waals surface area contributed by atoms with Crippen LogP contribution in [0.3, 0.4) is 0 Å². The van der Waals surface area contributed by atoms with Crippen molar-refractivity contribution in [1.82, 2.24) is 9.88 Å². The van der Waals surface area contributed by atoms with E-state index in [1.165, 1.54) is 24.2 Å². The van der Waals surface area contributed by atoms with Gasteiger partial charge in [-0.2, -0.15) is 0 Å². The maximum absolute atomic E-state index is 12.7. The Hall–Kier alpha value is -2.61. The molecular formula is C18H21N5O2S. The van der Waals surface area contributed by atoms with Crippen LogP contribution in [-0.4, -0.2) is 53.9 Å². The van der Waals surface area contributed by atoms with E-state index in [-0.39, 0.29) is 5.91 Å². The van der Waals surface area contributed by atoms with Crippen molar-refractivity contribution >= 4 is 34.0 Å². The summed E-state index contributed by atoms with van der Waals surface area (Å²) >= 11 is 1.43. The summed E-state index contributed by atoms with van der Waals surface area (Å²) in [5.41, 5.74) is 6.82. The van der Waals surface area contributed by atoms with E-state index < -0.39 is 5.91 Å². The van der Waals surface area contributed by atoms with Crippen molar-refractivity contribution in [3.8, 4) is 0 Å². The number of carbonyl (C=O) groups is 2. The van der Waals surface area contributed by atoms with Crippen LogP contribution in [0.2, 0.25) is 0 Å². The minimum absolute atomic E-state index is 0.0510. The number of hydrogen-bond acceptors (Lipinski definition) is 6. The van der Waals surface area contributed by atoms with E-state index in [1.807, 2.05) is 17.0 Å². The summed E-state index contributed by atoms with van der Waals surface area (Å²) in [6.45, 7) is 2.85. The number of hydrogen-bond donors (Lipinski definition) is 2. The Labute approximate surface area is 155 Å².